The minimum absolute atomic E-state index is 0.329. The van der Waals surface area contributed by atoms with Crippen molar-refractivity contribution in [3.8, 4) is 17.2 Å². The third-order valence-corrected chi connectivity index (χ3v) is 7.83. The Hall–Kier alpha value is -4.71. The average molecular weight is 552 g/mol. The van der Waals surface area contributed by atoms with Gasteiger partial charge in [0.2, 0.25) is 0 Å². The number of pyridine rings is 2. The number of halogens is 1. The topological polar surface area (TPSA) is 117 Å². The standard InChI is InChI=1S/C29H30FN11/c1-17-8-25(35-26-9-18(2)37-38-26)36-29(34-17)21-5-7-27(32-12-21)39-15-22-10-23(16-39)40(22)14-20-4-6-28(31-11-20)41-19(3)24(30)13-33-41/h4-9,11-13,22-23H,10,14-16H2,1-3H3,(H2,34,35,36,37,38). The summed E-state index contributed by atoms with van der Waals surface area (Å²) in [5.41, 5.74) is 4.30. The number of rotatable bonds is 7. The molecule has 2 bridgehead atoms. The molecule has 0 aliphatic carbocycles. The maximum absolute atomic E-state index is 13.7. The van der Waals surface area contributed by atoms with Gasteiger partial charge in [0.15, 0.2) is 23.3 Å². The van der Waals surface area contributed by atoms with Gasteiger partial charge in [0.05, 0.1) is 11.9 Å². The molecule has 2 unspecified atom stereocenters. The zero-order valence-electron chi connectivity index (χ0n) is 23.1. The first kappa shape index (κ1) is 25.3. The van der Waals surface area contributed by atoms with Crippen molar-refractivity contribution in [2.45, 2.75) is 45.8 Å². The van der Waals surface area contributed by atoms with Crippen LogP contribution in [0.3, 0.4) is 0 Å². The molecule has 11 nitrogen and oxygen atoms in total. The molecule has 0 saturated carbocycles. The van der Waals surface area contributed by atoms with Crippen LogP contribution in [0.2, 0.25) is 0 Å². The number of nitrogens with one attached hydrogen (secondary N) is 2. The number of piperazine rings is 1. The second-order valence-electron chi connectivity index (χ2n) is 10.8. The van der Waals surface area contributed by atoms with Crippen LogP contribution in [-0.2, 0) is 6.54 Å². The Balaban J connectivity index is 0.991. The number of anilines is 3. The van der Waals surface area contributed by atoms with E-state index in [1.54, 1.807) is 6.92 Å². The third kappa shape index (κ3) is 4.91. The molecule has 8 rings (SSSR count). The van der Waals surface area contributed by atoms with Crippen LogP contribution in [-0.4, -0.2) is 70.0 Å². The highest BCUT2D eigenvalue weighted by molar-refractivity contribution is 5.61. The molecule has 2 N–H and O–H groups in total. The number of hydrogen-bond donors (Lipinski definition) is 2. The summed E-state index contributed by atoms with van der Waals surface area (Å²) in [6, 6.07) is 12.8. The SMILES string of the molecule is Cc1cc(Nc2cc(C)[nH]n2)nc(-c2ccc(N3CC4CC(C3)N4Cc3ccc(-n4ncc(F)c4C)nc3)nc2)n1. The Morgan fingerprint density at radius 2 is 1.73 bits per heavy atom. The lowest BCUT2D eigenvalue weighted by Gasteiger charge is -2.56. The first-order valence-corrected chi connectivity index (χ1v) is 13.7. The van der Waals surface area contributed by atoms with Crippen LogP contribution in [0, 0.1) is 26.6 Å². The fourth-order valence-corrected chi connectivity index (χ4v) is 5.68. The average Bonchev–Trinajstić information content (AvgIpc) is 3.55. The van der Waals surface area contributed by atoms with Crippen LogP contribution in [0.4, 0.5) is 21.8 Å². The molecule has 3 saturated heterocycles. The minimum Gasteiger partial charge on any atom is -0.353 e. The van der Waals surface area contributed by atoms with Crippen LogP contribution in [0.1, 0.15) is 29.1 Å². The van der Waals surface area contributed by atoms with E-state index in [0.29, 0.717) is 41.1 Å². The molecule has 3 aliphatic rings. The van der Waals surface area contributed by atoms with E-state index in [1.165, 1.54) is 17.3 Å². The maximum Gasteiger partial charge on any atom is 0.164 e. The molecule has 0 amide bonds. The number of H-pyrrole nitrogens is 1. The lowest BCUT2D eigenvalue weighted by Crippen LogP contribution is -2.68. The van der Waals surface area contributed by atoms with Crippen LogP contribution in [0.25, 0.3) is 17.2 Å². The van der Waals surface area contributed by atoms with Gasteiger partial charge < -0.3 is 10.2 Å². The van der Waals surface area contributed by atoms with Gasteiger partial charge in [0.1, 0.15) is 11.6 Å². The molecule has 5 aromatic rings. The summed E-state index contributed by atoms with van der Waals surface area (Å²) in [6.45, 7) is 8.30. The summed E-state index contributed by atoms with van der Waals surface area (Å²) < 4.78 is 15.2. The van der Waals surface area contributed by atoms with Gasteiger partial charge in [-0.1, -0.05) is 6.07 Å². The summed E-state index contributed by atoms with van der Waals surface area (Å²) in [5, 5.41) is 14.5. The molecule has 3 fully saturated rings. The second-order valence-corrected chi connectivity index (χ2v) is 10.8. The van der Waals surface area contributed by atoms with Gasteiger partial charge in [-0.05, 0) is 51.0 Å². The van der Waals surface area contributed by atoms with Gasteiger partial charge in [0, 0.05) is 73.2 Å². The first-order valence-electron chi connectivity index (χ1n) is 13.7. The van der Waals surface area contributed by atoms with E-state index in [0.717, 1.165) is 48.0 Å². The quantitative estimate of drug-likeness (QED) is 0.308. The van der Waals surface area contributed by atoms with Crippen molar-refractivity contribution in [2.24, 2.45) is 0 Å². The van der Waals surface area contributed by atoms with E-state index in [1.807, 2.05) is 50.5 Å². The molecule has 208 valence electrons. The highest BCUT2D eigenvalue weighted by atomic mass is 19.1. The molecular formula is C29H30FN11. The van der Waals surface area contributed by atoms with Crippen molar-refractivity contribution >= 4 is 17.5 Å². The van der Waals surface area contributed by atoms with Crippen LogP contribution < -0.4 is 10.2 Å². The smallest absolute Gasteiger partial charge is 0.164 e. The number of aromatic amines is 1. The van der Waals surface area contributed by atoms with Crippen LogP contribution >= 0.6 is 0 Å². The Morgan fingerprint density at radius 1 is 0.927 bits per heavy atom. The predicted molar refractivity (Wildman–Crippen MR) is 153 cm³/mol. The summed E-state index contributed by atoms with van der Waals surface area (Å²) in [4.78, 5) is 23.5. The van der Waals surface area contributed by atoms with Crippen molar-refractivity contribution in [2.75, 3.05) is 23.3 Å². The van der Waals surface area contributed by atoms with Gasteiger partial charge in [0.25, 0.3) is 0 Å². The lowest BCUT2D eigenvalue weighted by atomic mass is 9.87. The van der Waals surface area contributed by atoms with Crippen LogP contribution in [0.15, 0.2) is 55.0 Å². The largest absolute Gasteiger partial charge is 0.353 e. The zero-order chi connectivity index (χ0) is 28.1. The summed E-state index contributed by atoms with van der Waals surface area (Å²) >= 11 is 0. The van der Waals surface area contributed by atoms with E-state index in [9.17, 15) is 4.39 Å². The highest BCUT2D eigenvalue weighted by Gasteiger charge is 2.44. The Labute approximate surface area is 236 Å². The molecular weight excluding hydrogens is 521 g/mol. The normalized spacial score (nSPS) is 18.4. The van der Waals surface area contributed by atoms with Gasteiger partial charge in [-0.2, -0.15) is 10.2 Å². The number of nitrogens with zero attached hydrogens (tertiary/aromatic N) is 9. The summed E-state index contributed by atoms with van der Waals surface area (Å²) in [5.74, 6) is 3.29. The van der Waals surface area contributed by atoms with Gasteiger partial charge in [-0.3, -0.25) is 10.00 Å². The number of piperidine rings is 1. The monoisotopic (exact) mass is 551 g/mol. The number of fused-ring (bicyclic) bond motifs is 2. The molecule has 3 aliphatic heterocycles. The predicted octanol–water partition coefficient (Wildman–Crippen LogP) is 4.11. The van der Waals surface area contributed by atoms with Gasteiger partial charge in [-0.25, -0.2) is 29.0 Å². The number of aryl methyl sites for hydroxylation is 2. The van der Waals surface area contributed by atoms with Crippen molar-refractivity contribution in [3.05, 3.63) is 83.5 Å². The van der Waals surface area contributed by atoms with Gasteiger partial charge in [-0.15, -0.1) is 0 Å². The Bertz CT molecular complexity index is 1680. The molecule has 0 aromatic carbocycles. The molecule has 12 heteroatoms. The third-order valence-electron chi connectivity index (χ3n) is 7.83. The van der Waals surface area contributed by atoms with E-state index in [-0.39, 0.29) is 5.82 Å². The fourth-order valence-electron chi connectivity index (χ4n) is 5.68. The maximum atomic E-state index is 13.7. The van der Waals surface area contributed by atoms with Crippen molar-refractivity contribution in [3.63, 3.8) is 0 Å². The summed E-state index contributed by atoms with van der Waals surface area (Å²) in [7, 11) is 0. The lowest BCUT2D eigenvalue weighted by molar-refractivity contribution is -0.00875. The molecule has 41 heavy (non-hydrogen) atoms. The summed E-state index contributed by atoms with van der Waals surface area (Å²) in [6.07, 6.45) is 6.12. The Morgan fingerprint density at radius 3 is 2.39 bits per heavy atom. The fraction of sp³-hybridized carbons (Fsp3) is 0.310. The first-order chi connectivity index (χ1) is 19.9. The number of aromatic nitrogens is 8. The Kier molecular flexibility index (Phi) is 6.19. The molecule has 8 heterocycles. The molecule has 5 aromatic heterocycles. The zero-order valence-corrected chi connectivity index (χ0v) is 23.1. The van der Waals surface area contributed by atoms with E-state index in [4.69, 9.17) is 4.98 Å². The van der Waals surface area contributed by atoms with Crippen molar-refractivity contribution < 1.29 is 4.39 Å². The molecule has 2 atom stereocenters. The van der Waals surface area contributed by atoms with Crippen molar-refractivity contribution in [1.29, 1.82) is 0 Å². The van der Waals surface area contributed by atoms with E-state index < -0.39 is 0 Å². The van der Waals surface area contributed by atoms with Gasteiger partial charge >= 0.3 is 0 Å². The van der Waals surface area contributed by atoms with E-state index >= 15 is 0 Å². The second kappa shape index (κ2) is 10.0. The van der Waals surface area contributed by atoms with Crippen molar-refractivity contribution in [1.82, 2.24) is 44.8 Å². The van der Waals surface area contributed by atoms with Crippen LogP contribution in [0.5, 0.6) is 0 Å². The minimum atomic E-state index is -0.329. The highest BCUT2D eigenvalue weighted by Crippen LogP contribution is 2.35. The molecule has 0 spiro atoms. The number of hydrogen-bond acceptors (Lipinski definition) is 9. The van der Waals surface area contributed by atoms with E-state index in [2.05, 4.69) is 57.5 Å². The molecule has 0 radical (unpaired) electrons.